The molecule has 0 spiro atoms. The Morgan fingerprint density at radius 2 is 1.88 bits per heavy atom. The lowest BCUT2D eigenvalue weighted by Gasteiger charge is -2.29. The monoisotopic (exact) mass is 473 g/mol. The normalized spacial score (nSPS) is 14.1. The first kappa shape index (κ1) is 23.7. The van der Waals surface area contributed by atoms with Gasteiger partial charge in [0.15, 0.2) is 5.78 Å². The van der Waals surface area contributed by atoms with Crippen molar-refractivity contribution in [1.82, 2.24) is 4.98 Å². The van der Waals surface area contributed by atoms with Crippen LogP contribution in [-0.4, -0.2) is 41.3 Å². The highest BCUT2D eigenvalue weighted by Crippen LogP contribution is 2.31. The maximum atomic E-state index is 13.1. The highest BCUT2D eigenvalue weighted by atomic mass is 32.2. The summed E-state index contributed by atoms with van der Waals surface area (Å²) in [7, 11) is 1.63. The number of aliphatic imine (C=N–C) groups is 1. The molecule has 0 atom stereocenters. The maximum Gasteiger partial charge on any atom is 0.258 e. The van der Waals surface area contributed by atoms with Gasteiger partial charge in [-0.15, -0.1) is 11.8 Å². The maximum absolute atomic E-state index is 13.1. The van der Waals surface area contributed by atoms with Gasteiger partial charge in [-0.25, -0.2) is 4.98 Å². The number of carbonyl (C=O) groups is 2. The quantitative estimate of drug-likeness (QED) is 0.364. The zero-order valence-corrected chi connectivity index (χ0v) is 20.5. The Labute approximate surface area is 203 Å². The summed E-state index contributed by atoms with van der Waals surface area (Å²) in [6.07, 6.45) is 4.55. The number of fused-ring (bicyclic) bond motifs is 1. The smallest absolute Gasteiger partial charge is 0.258 e. The summed E-state index contributed by atoms with van der Waals surface area (Å²) in [4.78, 5) is 34.9. The van der Waals surface area contributed by atoms with Crippen molar-refractivity contribution in [2.75, 3.05) is 18.7 Å². The molecule has 7 heteroatoms. The minimum atomic E-state index is -0.271. The van der Waals surface area contributed by atoms with E-state index in [4.69, 9.17) is 9.73 Å². The molecule has 1 aliphatic heterocycles. The number of ketones is 1. The second-order valence-electron chi connectivity index (χ2n) is 8.76. The third-order valence-corrected chi connectivity index (χ3v) is 6.40. The average molecular weight is 474 g/mol. The van der Waals surface area contributed by atoms with E-state index in [-0.39, 0.29) is 23.7 Å². The lowest BCUT2D eigenvalue weighted by molar-refractivity contribution is 0.0998. The van der Waals surface area contributed by atoms with Gasteiger partial charge in [-0.05, 0) is 80.6 Å². The molecule has 0 bridgehead atoms. The molecule has 0 saturated carbocycles. The van der Waals surface area contributed by atoms with Crippen molar-refractivity contribution in [2.45, 2.75) is 37.3 Å². The molecule has 1 amide bonds. The Hall–Kier alpha value is -3.45. The van der Waals surface area contributed by atoms with Gasteiger partial charge in [0.2, 0.25) is 0 Å². The van der Waals surface area contributed by atoms with Gasteiger partial charge >= 0.3 is 0 Å². The molecule has 0 radical (unpaired) electrons. The number of nitrogens with one attached hydrogen (secondary N) is 1. The zero-order valence-electron chi connectivity index (χ0n) is 19.7. The number of Topliss-reactive ketones (excluding diaryl/α,β-unsaturated/α-hetero) is 1. The molecule has 3 aromatic rings. The van der Waals surface area contributed by atoms with E-state index < -0.39 is 0 Å². The summed E-state index contributed by atoms with van der Waals surface area (Å²) in [5, 5.41) is 3.54. The lowest BCUT2D eigenvalue weighted by atomic mass is 9.85. The Balaban J connectivity index is 1.50. The zero-order chi connectivity index (χ0) is 24.3. The van der Waals surface area contributed by atoms with Gasteiger partial charge in [0, 0.05) is 23.0 Å². The van der Waals surface area contributed by atoms with Crippen LogP contribution in [-0.2, 0) is 6.42 Å². The number of hydrogen-bond acceptors (Lipinski definition) is 6. The van der Waals surface area contributed by atoms with E-state index in [1.54, 1.807) is 49.7 Å². The molecule has 0 saturated heterocycles. The van der Waals surface area contributed by atoms with Gasteiger partial charge in [-0.2, -0.15) is 0 Å². The predicted molar refractivity (Wildman–Crippen MR) is 137 cm³/mol. The van der Waals surface area contributed by atoms with Crippen molar-refractivity contribution >= 4 is 34.9 Å². The van der Waals surface area contributed by atoms with E-state index in [0.717, 1.165) is 23.4 Å². The Bertz CT molecular complexity index is 1270. The molecule has 34 heavy (non-hydrogen) atoms. The van der Waals surface area contributed by atoms with Crippen molar-refractivity contribution in [2.24, 2.45) is 4.99 Å². The fraction of sp³-hybridized carbons (Fsp3) is 0.259. The number of anilines is 1. The predicted octanol–water partition coefficient (Wildman–Crippen LogP) is 5.46. The minimum Gasteiger partial charge on any atom is -0.497 e. The van der Waals surface area contributed by atoms with Crippen LogP contribution in [0.1, 0.15) is 52.1 Å². The van der Waals surface area contributed by atoms with Gasteiger partial charge in [0.1, 0.15) is 10.8 Å². The number of thioether (sulfide) groups is 1. The number of aromatic nitrogens is 1. The highest BCUT2D eigenvalue weighted by molar-refractivity contribution is 7.98. The van der Waals surface area contributed by atoms with Gasteiger partial charge in [0.05, 0.1) is 30.3 Å². The molecule has 1 N–H and O–H groups in total. The average Bonchev–Trinajstić information content (AvgIpc) is 2.83. The first-order valence-electron chi connectivity index (χ1n) is 11.0. The second kappa shape index (κ2) is 9.81. The summed E-state index contributed by atoms with van der Waals surface area (Å²) in [6, 6.07) is 16.4. The third kappa shape index (κ3) is 5.20. The van der Waals surface area contributed by atoms with Crippen molar-refractivity contribution < 1.29 is 14.3 Å². The van der Waals surface area contributed by atoms with Crippen molar-refractivity contribution in [3.8, 4) is 5.75 Å². The Morgan fingerprint density at radius 3 is 2.59 bits per heavy atom. The van der Waals surface area contributed by atoms with E-state index in [2.05, 4.69) is 30.2 Å². The molecular formula is C27H27N3O3S. The van der Waals surface area contributed by atoms with E-state index >= 15 is 0 Å². The highest BCUT2D eigenvalue weighted by Gasteiger charge is 2.28. The van der Waals surface area contributed by atoms with Crippen LogP contribution in [0.4, 0.5) is 5.69 Å². The number of amides is 1. The first-order valence-corrected chi connectivity index (χ1v) is 12.2. The third-order valence-electron chi connectivity index (χ3n) is 5.69. The van der Waals surface area contributed by atoms with Gasteiger partial charge in [-0.3, -0.25) is 14.6 Å². The fourth-order valence-corrected chi connectivity index (χ4v) is 4.64. The number of benzene rings is 2. The van der Waals surface area contributed by atoms with Crippen LogP contribution in [0.3, 0.4) is 0 Å². The number of nitrogens with zero attached hydrogens (tertiary/aromatic N) is 2. The summed E-state index contributed by atoms with van der Waals surface area (Å²) in [5.41, 5.74) is 4.34. The molecule has 2 heterocycles. The van der Waals surface area contributed by atoms with E-state index in [1.807, 2.05) is 18.4 Å². The van der Waals surface area contributed by atoms with Crippen LogP contribution in [0, 0.1) is 0 Å². The molecular weight excluding hydrogens is 446 g/mol. The summed E-state index contributed by atoms with van der Waals surface area (Å²) in [5.74, 6) is 0.484. The summed E-state index contributed by atoms with van der Waals surface area (Å²) < 4.78 is 5.38. The minimum absolute atomic E-state index is 0.0278. The number of ether oxygens (including phenoxy) is 1. The van der Waals surface area contributed by atoms with Crippen molar-refractivity contribution in [3.63, 3.8) is 0 Å². The molecule has 174 valence electrons. The molecule has 4 rings (SSSR count). The standard InChI is InChI=1S/C27H27N3O3S/c1-27(2)16-18-9-12-20(33-3)14-22(18)23(30-27)15-24(31)17-7-10-19(11-8-17)29-25(32)21-6-5-13-28-26(21)34-4/h5-14H,15-16H2,1-4H3,(H,29,32). The number of hydrogen-bond donors (Lipinski definition) is 1. The number of methoxy groups -OCH3 is 1. The number of carbonyl (C=O) groups excluding carboxylic acids is 2. The molecule has 1 aromatic heterocycles. The van der Waals surface area contributed by atoms with Crippen LogP contribution < -0.4 is 10.1 Å². The van der Waals surface area contributed by atoms with E-state index in [9.17, 15) is 9.59 Å². The Kier molecular flexibility index (Phi) is 6.84. The second-order valence-corrected chi connectivity index (χ2v) is 9.56. The molecule has 1 aliphatic rings. The van der Waals surface area contributed by atoms with Gasteiger partial charge in [-0.1, -0.05) is 6.07 Å². The SMILES string of the molecule is COc1ccc2c(c1)C(CC(=O)c1ccc(NC(=O)c3cccnc3SC)cc1)=NC(C)(C)C2. The van der Waals surface area contributed by atoms with Crippen LogP contribution in [0.2, 0.25) is 0 Å². The first-order chi connectivity index (χ1) is 16.3. The topological polar surface area (TPSA) is 80.6 Å². The largest absolute Gasteiger partial charge is 0.497 e. The summed E-state index contributed by atoms with van der Waals surface area (Å²) >= 11 is 1.42. The van der Waals surface area contributed by atoms with Crippen LogP contribution in [0.15, 0.2) is 70.8 Å². The fourth-order valence-electron chi connectivity index (χ4n) is 4.09. The van der Waals surface area contributed by atoms with E-state index in [0.29, 0.717) is 21.8 Å². The Morgan fingerprint density at radius 1 is 1.12 bits per heavy atom. The number of rotatable bonds is 7. The molecule has 2 aromatic carbocycles. The molecule has 6 nitrogen and oxygen atoms in total. The molecule has 0 unspecified atom stereocenters. The molecule has 0 aliphatic carbocycles. The molecule has 0 fully saturated rings. The summed E-state index contributed by atoms with van der Waals surface area (Å²) in [6.45, 7) is 4.15. The van der Waals surface area contributed by atoms with Gasteiger partial charge < -0.3 is 10.1 Å². The van der Waals surface area contributed by atoms with Crippen LogP contribution in [0.5, 0.6) is 5.75 Å². The lowest BCUT2D eigenvalue weighted by Crippen LogP contribution is -2.30. The van der Waals surface area contributed by atoms with E-state index in [1.165, 1.54) is 17.3 Å². The van der Waals surface area contributed by atoms with Crippen LogP contribution >= 0.6 is 11.8 Å². The van der Waals surface area contributed by atoms with Crippen molar-refractivity contribution in [1.29, 1.82) is 0 Å². The van der Waals surface area contributed by atoms with Gasteiger partial charge in [0.25, 0.3) is 5.91 Å². The van der Waals surface area contributed by atoms with Crippen LogP contribution in [0.25, 0.3) is 0 Å². The number of pyridine rings is 1. The van der Waals surface area contributed by atoms with Crippen molar-refractivity contribution in [3.05, 3.63) is 83.0 Å².